The Bertz CT molecular complexity index is 1050. The van der Waals surface area contributed by atoms with E-state index in [2.05, 4.69) is 31.9 Å². The summed E-state index contributed by atoms with van der Waals surface area (Å²) in [5, 5.41) is 38.8. The van der Waals surface area contributed by atoms with Gasteiger partial charge in [-0.3, -0.25) is 4.79 Å². The van der Waals surface area contributed by atoms with Gasteiger partial charge in [0.15, 0.2) is 11.5 Å². The van der Waals surface area contributed by atoms with Crippen molar-refractivity contribution in [3.05, 3.63) is 39.6 Å². The second-order valence-electron chi connectivity index (χ2n) is 5.60. The van der Waals surface area contributed by atoms with E-state index in [0.717, 1.165) is 0 Å². The number of phenols is 3. The van der Waals surface area contributed by atoms with Crippen molar-refractivity contribution in [3.8, 4) is 17.2 Å². The van der Waals surface area contributed by atoms with Crippen LogP contribution in [0.2, 0.25) is 0 Å². The minimum absolute atomic E-state index is 0.00455. The first-order valence-electron chi connectivity index (χ1n) is 7.84. The summed E-state index contributed by atoms with van der Waals surface area (Å²) < 4.78 is 5.88. The largest absolute Gasteiger partial charge is 0.507 e. The van der Waals surface area contributed by atoms with Gasteiger partial charge in [-0.2, -0.15) is 0 Å². The fourth-order valence-corrected chi connectivity index (χ4v) is 3.09. The number of benzene rings is 2. The molecule has 10 heteroatoms. The van der Waals surface area contributed by atoms with Crippen LogP contribution in [0.5, 0.6) is 17.2 Å². The van der Waals surface area contributed by atoms with Gasteiger partial charge in [0.25, 0.3) is 0 Å². The Morgan fingerprint density at radius 3 is 2.29 bits per heavy atom. The Morgan fingerprint density at radius 2 is 1.71 bits per heavy atom. The molecule has 1 heterocycles. The van der Waals surface area contributed by atoms with E-state index >= 15 is 0 Å². The molecule has 0 aliphatic rings. The number of carbonyl (C=O) groups is 1. The van der Waals surface area contributed by atoms with E-state index in [4.69, 9.17) is 20.1 Å². The Hall–Kier alpha value is -1.90. The third-order valence-electron chi connectivity index (χ3n) is 4.01. The van der Waals surface area contributed by atoms with Crippen molar-refractivity contribution in [3.63, 3.8) is 0 Å². The molecular formula is C18H14B2Br2O6. The molecule has 0 amide bonds. The third kappa shape index (κ3) is 3.81. The molecule has 0 spiro atoms. The molecule has 0 unspecified atom stereocenters. The molecule has 0 atom stereocenters. The second kappa shape index (κ2) is 9.07. The number of hydrogen-bond donors (Lipinski definition) is 4. The minimum Gasteiger partial charge on any atom is -0.507 e. The highest BCUT2D eigenvalue weighted by Gasteiger charge is 2.27. The number of fused-ring (bicyclic) bond motifs is 1. The number of aliphatic hydroxyl groups excluding tert-OH is 1. The Balaban J connectivity index is 0.00000136. The van der Waals surface area contributed by atoms with Crippen LogP contribution in [0.4, 0.5) is 0 Å². The van der Waals surface area contributed by atoms with Crippen LogP contribution in [0.3, 0.4) is 0 Å². The molecule has 6 nitrogen and oxygen atoms in total. The highest BCUT2D eigenvalue weighted by atomic mass is 79.9. The maximum atomic E-state index is 13.1. The summed E-state index contributed by atoms with van der Waals surface area (Å²) in [6.45, 7) is -0.308. The first-order valence-corrected chi connectivity index (χ1v) is 10.2. The van der Waals surface area contributed by atoms with Crippen molar-refractivity contribution >= 4 is 75.2 Å². The molecule has 142 valence electrons. The molecule has 3 aromatic rings. The van der Waals surface area contributed by atoms with Crippen LogP contribution in [0.1, 0.15) is 21.7 Å². The van der Waals surface area contributed by atoms with Crippen molar-refractivity contribution < 1.29 is 29.6 Å². The van der Waals surface area contributed by atoms with Gasteiger partial charge in [0.05, 0.1) is 16.6 Å². The number of furan rings is 1. The minimum atomic E-state index is -0.660. The highest BCUT2D eigenvalue weighted by molar-refractivity contribution is 9.10. The van der Waals surface area contributed by atoms with E-state index in [9.17, 15) is 25.2 Å². The van der Waals surface area contributed by atoms with Crippen LogP contribution in [0.15, 0.2) is 27.1 Å². The molecule has 0 saturated heterocycles. The molecule has 4 N–H and O–H groups in total. The number of aromatic hydroxyl groups is 3. The first kappa shape index (κ1) is 22.4. The van der Waals surface area contributed by atoms with E-state index in [1.165, 1.54) is 18.2 Å². The average Bonchev–Trinajstić information content (AvgIpc) is 3.07. The third-order valence-corrected chi connectivity index (χ3v) is 4.64. The quantitative estimate of drug-likeness (QED) is 0.185. The standard InChI is InChI=1S/C17H11B2BrO6.CH3Br/c18-12-11-10(14(23)6-1-2-8(22)7(20)5-6)9(3-4-21)26-17(11)13(19)16(25)15(12)24;1-2/h1-2,5,21-22,24-25H,3-4H2;1H3. The summed E-state index contributed by atoms with van der Waals surface area (Å²) in [6, 6.07) is 4.16. The summed E-state index contributed by atoms with van der Waals surface area (Å²) in [6.07, 6.45) is -0.00455. The van der Waals surface area contributed by atoms with Crippen LogP contribution >= 0.6 is 31.9 Å². The molecule has 0 saturated carbocycles. The summed E-state index contributed by atoms with van der Waals surface area (Å²) in [7, 11) is 11.7. The van der Waals surface area contributed by atoms with Crippen LogP contribution in [0, 0.1) is 0 Å². The maximum Gasteiger partial charge on any atom is 0.197 e. The van der Waals surface area contributed by atoms with E-state index in [1.54, 1.807) is 0 Å². The van der Waals surface area contributed by atoms with Gasteiger partial charge < -0.3 is 24.8 Å². The average molecular weight is 508 g/mol. The molecule has 1 aromatic heterocycles. The van der Waals surface area contributed by atoms with Crippen LogP contribution in [-0.2, 0) is 6.42 Å². The first-order chi connectivity index (χ1) is 13.3. The van der Waals surface area contributed by atoms with Crippen molar-refractivity contribution in [2.24, 2.45) is 0 Å². The van der Waals surface area contributed by atoms with Gasteiger partial charge >= 0.3 is 0 Å². The van der Waals surface area contributed by atoms with Crippen LogP contribution < -0.4 is 10.9 Å². The van der Waals surface area contributed by atoms with Gasteiger partial charge in [-0.15, -0.1) is 0 Å². The van der Waals surface area contributed by atoms with Gasteiger partial charge in [0.1, 0.15) is 38.5 Å². The Kier molecular flexibility index (Phi) is 7.25. The highest BCUT2D eigenvalue weighted by Crippen LogP contribution is 2.33. The van der Waals surface area contributed by atoms with Gasteiger partial charge in [-0.1, -0.05) is 15.9 Å². The number of halogens is 2. The van der Waals surface area contributed by atoms with Crippen LogP contribution in [0.25, 0.3) is 11.0 Å². The lowest BCUT2D eigenvalue weighted by Crippen LogP contribution is -2.16. The van der Waals surface area contributed by atoms with Gasteiger partial charge in [-0.05, 0) is 50.9 Å². The topological polar surface area (TPSA) is 111 Å². The summed E-state index contributed by atoms with van der Waals surface area (Å²) >= 11 is 6.08. The lowest BCUT2D eigenvalue weighted by atomic mass is 9.81. The van der Waals surface area contributed by atoms with Gasteiger partial charge in [0.2, 0.25) is 0 Å². The monoisotopic (exact) mass is 506 g/mol. The lowest BCUT2D eigenvalue weighted by Gasteiger charge is -2.09. The molecule has 3 rings (SSSR count). The molecule has 0 bridgehead atoms. The fraction of sp³-hybridized carbons (Fsp3) is 0.167. The zero-order valence-corrected chi connectivity index (χ0v) is 17.8. The molecule has 0 fully saturated rings. The summed E-state index contributed by atoms with van der Waals surface area (Å²) in [5.74, 6) is 0.0650. The van der Waals surface area contributed by atoms with Crippen LogP contribution in [-0.4, -0.2) is 54.3 Å². The van der Waals surface area contributed by atoms with Crippen molar-refractivity contribution in [2.75, 3.05) is 12.4 Å². The molecular weight excluding hydrogens is 494 g/mol. The number of rotatable bonds is 4. The zero-order valence-electron chi connectivity index (χ0n) is 14.7. The van der Waals surface area contributed by atoms with E-state index in [-0.39, 0.29) is 57.6 Å². The SMILES string of the molecule is CBr.[B]c1c(O)c(O)c([B])c2c(C(=O)c3ccc(O)c(Br)c3)c(CCO)oc12. The zero-order chi connectivity index (χ0) is 21.2. The van der Waals surface area contributed by atoms with Crippen molar-refractivity contribution in [1.29, 1.82) is 0 Å². The fourth-order valence-electron chi connectivity index (χ4n) is 2.72. The number of ketones is 1. The van der Waals surface area contributed by atoms with E-state index in [1.807, 2.05) is 5.83 Å². The molecule has 2 aromatic carbocycles. The number of phenolic OH excluding ortho intramolecular Hbond substituents is 3. The number of carbonyl (C=O) groups excluding carboxylic acids is 1. The van der Waals surface area contributed by atoms with E-state index in [0.29, 0.717) is 4.47 Å². The van der Waals surface area contributed by atoms with Crippen molar-refractivity contribution in [2.45, 2.75) is 6.42 Å². The second-order valence-corrected chi connectivity index (χ2v) is 6.45. The number of aliphatic hydroxyl groups is 1. The van der Waals surface area contributed by atoms with Gasteiger partial charge in [-0.25, -0.2) is 0 Å². The summed E-state index contributed by atoms with van der Waals surface area (Å²) in [5.41, 5.74) is -0.353. The van der Waals surface area contributed by atoms with E-state index < -0.39 is 17.3 Å². The number of alkyl halides is 1. The molecule has 0 aliphatic heterocycles. The lowest BCUT2D eigenvalue weighted by molar-refractivity contribution is 0.103. The Labute approximate surface area is 180 Å². The van der Waals surface area contributed by atoms with Crippen molar-refractivity contribution in [1.82, 2.24) is 0 Å². The predicted octanol–water partition coefficient (Wildman–Crippen LogP) is 1.68. The molecule has 4 radical (unpaired) electrons. The summed E-state index contributed by atoms with van der Waals surface area (Å²) in [4.78, 5) is 13.1. The Morgan fingerprint density at radius 1 is 1.11 bits per heavy atom. The maximum absolute atomic E-state index is 13.1. The number of hydrogen-bond acceptors (Lipinski definition) is 6. The smallest absolute Gasteiger partial charge is 0.197 e. The molecule has 28 heavy (non-hydrogen) atoms. The predicted molar refractivity (Wildman–Crippen MR) is 115 cm³/mol. The molecule has 0 aliphatic carbocycles. The van der Waals surface area contributed by atoms with Gasteiger partial charge in [0, 0.05) is 17.4 Å². The normalized spacial score (nSPS) is 10.6.